The van der Waals surface area contributed by atoms with Crippen molar-refractivity contribution in [1.82, 2.24) is 10.6 Å². The first-order chi connectivity index (χ1) is 15.6. The molecule has 1 saturated carbocycles. The van der Waals surface area contributed by atoms with Crippen molar-refractivity contribution < 1.29 is 9.59 Å². The van der Waals surface area contributed by atoms with E-state index in [-0.39, 0.29) is 36.7 Å². The monoisotopic (exact) mass is 463 g/mol. The number of carbonyl (C=O) groups excluding carboxylic acids is 2. The van der Waals surface area contributed by atoms with Crippen LogP contribution in [-0.4, -0.2) is 23.9 Å². The third-order valence-corrected chi connectivity index (χ3v) is 5.90. The van der Waals surface area contributed by atoms with Gasteiger partial charge in [-0.25, -0.2) is 4.79 Å². The summed E-state index contributed by atoms with van der Waals surface area (Å²) in [5.41, 5.74) is 10.1. The summed E-state index contributed by atoms with van der Waals surface area (Å²) in [5, 5.41) is 5.74. The Balaban J connectivity index is 0.00000306. The summed E-state index contributed by atoms with van der Waals surface area (Å²) in [5.74, 6) is 0.431. The van der Waals surface area contributed by atoms with Gasteiger partial charge in [-0.1, -0.05) is 84.9 Å². The van der Waals surface area contributed by atoms with Crippen LogP contribution in [0.5, 0.6) is 0 Å². The predicted molar refractivity (Wildman–Crippen MR) is 133 cm³/mol. The van der Waals surface area contributed by atoms with Crippen LogP contribution in [0.15, 0.2) is 84.9 Å². The number of hydrogen-bond acceptors (Lipinski definition) is 3. The summed E-state index contributed by atoms with van der Waals surface area (Å²) in [6.45, 7) is 0.406. The van der Waals surface area contributed by atoms with Crippen molar-refractivity contribution in [2.45, 2.75) is 43.8 Å². The van der Waals surface area contributed by atoms with Gasteiger partial charge < -0.3 is 16.4 Å². The Kier molecular flexibility index (Phi) is 8.64. The van der Waals surface area contributed by atoms with Crippen LogP contribution in [0.1, 0.15) is 34.6 Å². The molecule has 4 rings (SSSR count). The second-order valence-electron chi connectivity index (χ2n) is 8.45. The van der Waals surface area contributed by atoms with Gasteiger partial charge in [0.1, 0.15) is 0 Å². The van der Waals surface area contributed by atoms with Crippen molar-refractivity contribution in [3.63, 3.8) is 0 Å². The van der Waals surface area contributed by atoms with E-state index in [4.69, 9.17) is 5.73 Å². The fraction of sp³-hybridized carbons (Fsp3) is 0.259. The Labute approximate surface area is 201 Å². The lowest BCUT2D eigenvalue weighted by molar-refractivity contribution is -0.120. The zero-order valence-electron chi connectivity index (χ0n) is 18.4. The Hall–Kier alpha value is -3.15. The van der Waals surface area contributed by atoms with Crippen LogP contribution in [0.4, 0.5) is 4.79 Å². The number of benzene rings is 3. The van der Waals surface area contributed by atoms with E-state index in [1.54, 1.807) is 0 Å². The van der Waals surface area contributed by atoms with Gasteiger partial charge in [-0.15, -0.1) is 12.4 Å². The van der Waals surface area contributed by atoms with Gasteiger partial charge in [0.15, 0.2) is 5.78 Å². The molecule has 3 aromatic carbocycles. The van der Waals surface area contributed by atoms with Gasteiger partial charge in [-0.05, 0) is 35.1 Å². The first-order valence-electron chi connectivity index (χ1n) is 11.1. The highest BCUT2D eigenvalue weighted by molar-refractivity contribution is 5.90. The normalized spacial score (nSPS) is 17.4. The molecule has 0 bridgehead atoms. The van der Waals surface area contributed by atoms with Crippen LogP contribution in [0.25, 0.3) is 0 Å². The number of nitrogens with one attached hydrogen (secondary N) is 2. The van der Waals surface area contributed by atoms with Gasteiger partial charge in [0.2, 0.25) is 0 Å². The second-order valence-corrected chi connectivity index (χ2v) is 8.45. The predicted octanol–water partition coefficient (Wildman–Crippen LogP) is 4.15. The van der Waals surface area contributed by atoms with E-state index in [1.807, 2.05) is 72.8 Å². The van der Waals surface area contributed by atoms with E-state index < -0.39 is 6.04 Å². The van der Waals surface area contributed by atoms with Gasteiger partial charge in [-0.2, -0.15) is 0 Å². The molecule has 172 valence electrons. The number of carbonyl (C=O) groups is 2. The van der Waals surface area contributed by atoms with Crippen LogP contribution in [0.3, 0.4) is 0 Å². The average molecular weight is 464 g/mol. The summed E-state index contributed by atoms with van der Waals surface area (Å²) in [6.07, 6.45) is 1.75. The third-order valence-electron chi connectivity index (χ3n) is 5.90. The summed E-state index contributed by atoms with van der Waals surface area (Å²) in [7, 11) is 0. The van der Waals surface area contributed by atoms with Crippen LogP contribution in [0, 0.1) is 0 Å². The van der Waals surface area contributed by atoms with Gasteiger partial charge >= 0.3 is 6.03 Å². The maximum absolute atomic E-state index is 13.1. The maximum atomic E-state index is 13.1. The lowest BCUT2D eigenvalue weighted by atomic mass is 9.97. The zero-order chi connectivity index (χ0) is 22.3. The van der Waals surface area contributed by atoms with Crippen molar-refractivity contribution >= 4 is 24.2 Å². The standard InChI is InChI=1S/C27H29N3O2.ClH/c28-24-17-23(24)22-13-11-20(12-14-22)16-26(31)25(15-19-7-3-1-4-8-19)30-27(32)29-18-21-9-5-2-6-10-21;/h1-14,23-25H,15-18,28H2,(H2,29,30,32);1H. The van der Waals surface area contributed by atoms with Crippen LogP contribution in [-0.2, 0) is 24.2 Å². The molecule has 5 nitrogen and oxygen atoms in total. The third kappa shape index (κ3) is 7.17. The summed E-state index contributed by atoms with van der Waals surface area (Å²) in [4.78, 5) is 25.7. The fourth-order valence-corrected chi connectivity index (χ4v) is 3.89. The Morgan fingerprint density at radius 1 is 0.848 bits per heavy atom. The highest BCUT2D eigenvalue weighted by Gasteiger charge is 2.34. The van der Waals surface area contributed by atoms with Gasteiger partial charge in [-0.3, -0.25) is 4.79 Å². The molecule has 0 heterocycles. The average Bonchev–Trinajstić information content (AvgIpc) is 3.55. The number of Topliss-reactive ketones (excluding diaryl/α,β-unsaturated/α-hetero) is 1. The molecular formula is C27H30ClN3O2. The Bertz CT molecular complexity index is 1040. The van der Waals surface area contributed by atoms with Crippen LogP contribution in [0.2, 0.25) is 0 Å². The number of urea groups is 1. The number of ketones is 1. The number of hydrogen-bond donors (Lipinski definition) is 3. The molecule has 2 amide bonds. The number of rotatable bonds is 9. The van der Waals surface area contributed by atoms with E-state index in [2.05, 4.69) is 22.8 Å². The van der Waals surface area contributed by atoms with Gasteiger partial charge in [0, 0.05) is 24.9 Å². The first kappa shape index (κ1) is 24.5. The summed E-state index contributed by atoms with van der Waals surface area (Å²) >= 11 is 0. The smallest absolute Gasteiger partial charge is 0.315 e. The molecular weight excluding hydrogens is 434 g/mol. The van der Waals surface area contributed by atoms with Crippen molar-refractivity contribution in [1.29, 1.82) is 0 Å². The van der Waals surface area contributed by atoms with Crippen molar-refractivity contribution in [3.8, 4) is 0 Å². The molecule has 1 fully saturated rings. The number of nitrogens with two attached hydrogens (primary N) is 1. The molecule has 1 aliphatic carbocycles. The molecule has 33 heavy (non-hydrogen) atoms. The minimum Gasteiger partial charge on any atom is -0.334 e. The van der Waals surface area contributed by atoms with E-state index in [0.29, 0.717) is 18.9 Å². The van der Waals surface area contributed by atoms with E-state index in [1.165, 1.54) is 5.56 Å². The molecule has 0 spiro atoms. The fourth-order valence-electron chi connectivity index (χ4n) is 3.89. The minimum absolute atomic E-state index is 0. The topological polar surface area (TPSA) is 84.2 Å². The Morgan fingerprint density at radius 3 is 2.00 bits per heavy atom. The molecule has 6 heteroatoms. The molecule has 3 unspecified atom stereocenters. The minimum atomic E-state index is -0.607. The summed E-state index contributed by atoms with van der Waals surface area (Å²) < 4.78 is 0. The molecule has 0 aromatic heterocycles. The van der Waals surface area contributed by atoms with E-state index in [0.717, 1.165) is 23.1 Å². The highest BCUT2D eigenvalue weighted by atomic mass is 35.5. The SMILES string of the molecule is Cl.NC1CC1c1ccc(CC(=O)C(Cc2ccccc2)NC(=O)NCc2ccccc2)cc1. The van der Waals surface area contributed by atoms with E-state index >= 15 is 0 Å². The highest BCUT2D eigenvalue weighted by Crippen LogP contribution is 2.38. The maximum Gasteiger partial charge on any atom is 0.315 e. The van der Waals surface area contributed by atoms with Crippen molar-refractivity contribution in [2.75, 3.05) is 0 Å². The molecule has 0 saturated heterocycles. The summed E-state index contributed by atoms with van der Waals surface area (Å²) in [6, 6.07) is 26.9. The Morgan fingerprint density at radius 2 is 1.42 bits per heavy atom. The molecule has 3 atom stereocenters. The van der Waals surface area contributed by atoms with Gasteiger partial charge in [0.25, 0.3) is 0 Å². The molecule has 3 aromatic rings. The molecule has 0 aliphatic heterocycles. The van der Waals surface area contributed by atoms with Crippen molar-refractivity contribution in [3.05, 3.63) is 107 Å². The zero-order valence-corrected chi connectivity index (χ0v) is 19.3. The van der Waals surface area contributed by atoms with Crippen LogP contribution >= 0.6 is 12.4 Å². The van der Waals surface area contributed by atoms with E-state index in [9.17, 15) is 9.59 Å². The molecule has 0 radical (unpaired) electrons. The van der Waals surface area contributed by atoms with Crippen molar-refractivity contribution in [2.24, 2.45) is 5.73 Å². The molecule has 1 aliphatic rings. The van der Waals surface area contributed by atoms with Crippen LogP contribution < -0.4 is 16.4 Å². The molecule has 4 N–H and O–H groups in total. The lowest BCUT2D eigenvalue weighted by Gasteiger charge is -2.19. The quantitative estimate of drug-likeness (QED) is 0.445. The number of halogens is 1. The first-order valence-corrected chi connectivity index (χ1v) is 11.1. The second kappa shape index (κ2) is 11.6. The lowest BCUT2D eigenvalue weighted by Crippen LogP contribution is -2.47. The number of amides is 2. The largest absolute Gasteiger partial charge is 0.334 e. The van der Waals surface area contributed by atoms with Gasteiger partial charge in [0.05, 0.1) is 6.04 Å².